The Hall–Kier alpha value is -3.32. The molecule has 0 aliphatic carbocycles. The number of methoxy groups -OCH3 is 1. The molecular formula is C23H24N2O4S. The first kappa shape index (κ1) is 21.4. The Morgan fingerprint density at radius 3 is 2.23 bits per heavy atom. The molecule has 1 amide bonds. The molecule has 0 heterocycles. The normalized spacial score (nSPS) is 11.0. The van der Waals surface area contributed by atoms with Gasteiger partial charge in [0, 0.05) is 16.9 Å². The molecule has 0 aliphatic heterocycles. The molecule has 0 saturated carbocycles. The van der Waals surface area contributed by atoms with Crippen LogP contribution in [0.4, 0.5) is 11.4 Å². The largest absolute Gasteiger partial charge is 0.496 e. The van der Waals surface area contributed by atoms with Gasteiger partial charge < -0.3 is 10.1 Å². The molecule has 3 aromatic carbocycles. The first-order valence-electron chi connectivity index (χ1n) is 9.40. The van der Waals surface area contributed by atoms with Crippen LogP contribution in [-0.2, 0) is 21.2 Å². The molecule has 0 atom stereocenters. The summed E-state index contributed by atoms with van der Waals surface area (Å²) in [6, 6.07) is 18.7. The maximum atomic E-state index is 12.6. The van der Waals surface area contributed by atoms with Crippen molar-refractivity contribution in [1.82, 2.24) is 0 Å². The average Bonchev–Trinajstić information content (AvgIpc) is 2.71. The van der Waals surface area contributed by atoms with Crippen molar-refractivity contribution < 1.29 is 17.9 Å². The second kappa shape index (κ2) is 9.00. The number of sulfonamides is 1. The first-order chi connectivity index (χ1) is 14.3. The quantitative estimate of drug-likeness (QED) is 0.592. The molecule has 2 N–H and O–H groups in total. The lowest BCUT2D eigenvalue weighted by atomic mass is 10.1. The number of nitrogens with one attached hydrogen (secondary N) is 2. The Morgan fingerprint density at radius 2 is 1.57 bits per heavy atom. The summed E-state index contributed by atoms with van der Waals surface area (Å²) in [6.45, 7) is 3.89. The van der Waals surface area contributed by atoms with Crippen molar-refractivity contribution in [3.63, 3.8) is 0 Å². The van der Waals surface area contributed by atoms with Crippen LogP contribution in [0.2, 0.25) is 0 Å². The summed E-state index contributed by atoms with van der Waals surface area (Å²) in [6.07, 6.45) is 0.151. The summed E-state index contributed by atoms with van der Waals surface area (Å²) in [5.41, 5.74) is 3.89. The highest BCUT2D eigenvalue weighted by molar-refractivity contribution is 7.92. The number of rotatable bonds is 7. The van der Waals surface area contributed by atoms with Gasteiger partial charge in [-0.1, -0.05) is 24.3 Å². The molecule has 0 saturated heterocycles. The van der Waals surface area contributed by atoms with Gasteiger partial charge in [-0.25, -0.2) is 8.42 Å². The predicted molar refractivity (Wildman–Crippen MR) is 118 cm³/mol. The highest BCUT2D eigenvalue weighted by Gasteiger charge is 2.15. The molecular weight excluding hydrogens is 400 g/mol. The number of benzene rings is 3. The number of ether oxygens (including phenoxy) is 1. The van der Waals surface area contributed by atoms with Gasteiger partial charge in [0.05, 0.1) is 18.4 Å². The van der Waals surface area contributed by atoms with Gasteiger partial charge in [-0.2, -0.15) is 0 Å². The Bertz CT molecular complexity index is 1160. The zero-order chi connectivity index (χ0) is 21.7. The van der Waals surface area contributed by atoms with E-state index in [2.05, 4.69) is 10.0 Å². The monoisotopic (exact) mass is 424 g/mol. The second-order valence-corrected chi connectivity index (χ2v) is 8.65. The lowest BCUT2D eigenvalue weighted by Crippen LogP contribution is -2.16. The molecule has 6 nitrogen and oxygen atoms in total. The lowest BCUT2D eigenvalue weighted by molar-refractivity contribution is -0.115. The fourth-order valence-electron chi connectivity index (χ4n) is 2.96. The number of carbonyl (C=O) groups excluding carboxylic acids is 1. The maximum Gasteiger partial charge on any atom is 0.261 e. The first-order valence-corrected chi connectivity index (χ1v) is 10.9. The fourth-order valence-corrected chi connectivity index (χ4v) is 4.01. The Kier molecular flexibility index (Phi) is 6.42. The molecule has 0 bridgehead atoms. The average molecular weight is 425 g/mol. The van der Waals surface area contributed by atoms with Crippen LogP contribution in [0.1, 0.15) is 16.7 Å². The van der Waals surface area contributed by atoms with E-state index < -0.39 is 10.0 Å². The number of amides is 1. The van der Waals surface area contributed by atoms with Gasteiger partial charge >= 0.3 is 0 Å². The van der Waals surface area contributed by atoms with Crippen LogP contribution in [0.5, 0.6) is 5.75 Å². The van der Waals surface area contributed by atoms with E-state index in [-0.39, 0.29) is 17.2 Å². The molecule has 30 heavy (non-hydrogen) atoms. The Morgan fingerprint density at radius 1 is 0.900 bits per heavy atom. The van der Waals surface area contributed by atoms with Gasteiger partial charge in [0.15, 0.2) is 0 Å². The van der Waals surface area contributed by atoms with Gasteiger partial charge in [0.2, 0.25) is 5.91 Å². The molecule has 0 aromatic heterocycles. The predicted octanol–water partition coefficient (Wildman–Crippen LogP) is 4.29. The number of hydrogen-bond acceptors (Lipinski definition) is 4. The second-order valence-electron chi connectivity index (χ2n) is 6.97. The van der Waals surface area contributed by atoms with Crippen LogP contribution in [0.3, 0.4) is 0 Å². The van der Waals surface area contributed by atoms with E-state index in [9.17, 15) is 13.2 Å². The van der Waals surface area contributed by atoms with Crippen molar-refractivity contribution >= 4 is 27.3 Å². The molecule has 3 rings (SSSR count). The molecule has 0 spiro atoms. The summed E-state index contributed by atoms with van der Waals surface area (Å²) in [4.78, 5) is 12.4. The highest BCUT2D eigenvalue weighted by Crippen LogP contribution is 2.21. The van der Waals surface area contributed by atoms with Crippen LogP contribution < -0.4 is 14.8 Å². The number of anilines is 2. The van der Waals surface area contributed by atoms with Crippen LogP contribution in [0.15, 0.2) is 71.6 Å². The summed E-state index contributed by atoms with van der Waals surface area (Å²) >= 11 is 0. The number of aryl methyl sites for hydroxylation is 2. The Balaban J connectivity index is 1.67. The molecule has 0 fully saturated rings. The number of para-hydroxylation sites is 1. The zero-order valence-electron chi connectivity index (χ0n) is 17.1. The maximum absolute atomic E-state index is 12.6. The van der Waals surface area contributed by atoms with E-state index in [0.29, 0.717) is 17.1 Å². The zero-order valence-corrected chi connectivity index (χ0v) is 17.9. The molecule has 156 valence electrons. The van der Waals surface area contributed by atoms with Crippen molar-refractivity contribution in [1.29, 1.82) is 0 Å². The minimum absolute atomic E-state index is 0.114. The molecule has 0 unspecified atom stereocenters. The standard InChI is InChI=1S/C23H24N2O4S/c1-16-8-9-20(14-17(16)2)25-30(27,28)21-12-10-19(11-13-21)24-23(26)15-18-6-4-5-7-22(18)29-3/h4-14,25H,15H2,1-3H3,(H,24,26). The van der Waals surface area contributed by atoms with Crippen molar-refractivity contribution in [2.45, 2.75) is 25.2 Å². The SMILES string of the molecule is COc1ccccc1CC(=O)Nc1ccc(S(=O)(=O)Nc2ccc(C)c(C)c2)cc1. The van der Waals surface area contributed by atoms with Gasteiger partial charge in [-0.3, -0.25) is 9.52 Å². The van der Waals surface area contributed by atoms with Crippen molar-refractivity contribution in [3.05, 3.63) is 83.4 Å². The van der Waals surface area contributed by atoms with Gasteiger partial charge in [0.1, 0.15) is 5.75 Å². The third kappa shape index (κ3) is 5.18. The summed E-state index contributed by atoms with van der Waals surface area (Å²) in [5.74, 6) is 0.426. The fraction of sp³-hybridized carbons (Fsp3) is 0.174. The van der Waals surface area contributed by atoms with Gasteiger partial charge in [0.25, 0.3) is 10.0 Å². The van der Waals surface area contributed by atoms with Crippen LogP contribution in [-0.4, -0.2) is 21.4 Å². The molecule has 7 heteroatoms. The minimum atomic E-state index is -3.72. The third-order valence-corrected chi connectivity index (χ3v) is 6.15. The molecule has 0 radical (unpaired) electrons. The minimum Gasteiger partial charge on any atom is -0.496 e. The van der Waals surface area contributed by atoms with Crippen molar-refractivity contribution in [2.24, 2.45) is 0 Å². The van der Waals surface area contributed by atoms with E-state index in [1.165, 1.54) is 12.1 Å². The summed E-state index contributed by atoms with van der Waals surface area (Å²) in [5, 5.41) is 2.77. The van der Waals surface area contributed by atoms with Crippen molar-refractivity contribution in [3.8, 4) is 5.75 Å². The van der Waals surface area contributed by atoms with E-state index in [1.54, 1.807) is 37.4 Å². The van der Waals surface area contributed by atoms with Crippen molar-refractivity contribution in [2.75, 3.05) is 17.1 Å². The number of hydrogen-bond donors (Lipinski definition) is 2. The molecule has 0 aliphatic rings. The van der Waals surface area contributed by atoms with Crippen LogP contribution >= 0.6 is 0 Å². The van der Waals surface area contributed by atoms with Crippen LogP contribution in [0, 0.1) is 13.8 Å². The van der Waals surface area contributed by atoms with Crippen LogP contribution in [0.25, 0.3) is 0 Å². The van der Waals surface area contributed by atoms with Gasteiger partial charge in [-0.05, 0) is 67.4 Å². The van der Waals surface area contributed by atoms with E-state index in [4.69, 9.17) is 4.74 Å². The van der Waals surface area contributed by atoms with E-state index >= 15 is 0 Å². The van der Waals surface area contributed by atoms with Gasteiger partial charge in [-0.15, -0.1) is 0 Å². The molecule has 3 aromatic rings. The van der Waals surface area contributed by atoms with E-state index in [0.717, 1.165) is 16.7 Å². The Labute approximate surface area is 177 Å². The summed E-state index contributed by atoms with van der Waals surface area (Å²) in [7, 11) is -2.17. The lowest BCUT2D eigenvalue weighted by Gasteiger charge is -2.11. The highest BCUT2D eigenvalue weighted by atomic mass is 32.2. The third-order valence-electron chi connectivity index (χ3n) is 4.75. The summed E-state index contributed by atoms with van der Waals surface area (Å²) < 4.78 is 33.1. The number of carbonyl (C=O) groups is 1. The smallest absolute Gasteiger partial charge is 0.261 e. The topological polar surface area (TPSA) is 84.5 Å². The van der Waals surface area contributed by atoms with E-state index in [1.807, 2.05) is 38.1 Å².